The van der Waals surface area contributed by atoms with Crippen LogP contribution in [0.5, 0.6) is 5.75 Å². The number of methoxy groups -OCH3 is 1. The second-order valence-corrected chi connectivity index (χ2v) is 5.21. The molecule has 0 aliphatic rings. The second-order valence-electron chi connectivity index (χ2n) is 4.30. The predicted octanol–water partition coefficient (Wildman–Crippen LogP) is 2.91. The van der Waals surface area contributed by atoms with Gasteiger partial charge in [0.1, 0.15) is 5.75 Å². The molecule has 1 aromatic carbocycles. The van der Waals surface area contributed by atoms with Crippen LogP contribution < -0.4 is 15.8 Å². The van der Waals surface area contributed by atoms with E-state index in [4.69, 9.17) is 10.5 Å². The van der Waals surface area contributed by atoms with Crippen LogP contribution >= 0.6 is 15.9 Å². The lowest BCUT2D eigenvalue weighted by Crippen LogP contribution is -2.16. The lowest BCUT2D eigenvalue weighted by Gasteiger charge is -2.09. The zero-order valence-corrected chi connectivity index (χ0v) is 12.3. The minimum Gasteiger partial charge on any atom is -0.497 e. The van der Waals surface area contributed by atoms with E-state index in [1.807, 2.05) is 19.1 Å². The first-order valence-corrected chi connectivity index (χ1v) is 6.70. The van der Waals surface area contributed by atoms with Gasteiger partial charge in [-0.2, -0.15) is 0 Å². The molecular formula is C13H19BrN2O2. The number of anilines is 1. The van der Waals surface area contributed by atoms with Gasteiger partial charge in [-0.15, -0.1) is 0 Å². The van der Waals surface area contributed by atoms with Crippen molar-refractivity contribution in [3.8, 4) is 5.75 Å². The number of hydrogen-bond acceptors (Lipinski definition) is 3. The predicted molar refractivity (Wildman–Crippen MR) is 76.8 cm³/mol. The number of carbonyl (C=O) groups is 1. The van der Waals surface area contributed by atoms with Crippen LogP contribution in [-0.2, 0) is 4.79 Å². The molecule has 0 fully saturated rings. The third-order valence-electron chi connectivity index (χ3n) is 2.45. The molecule has 1 aromatic rings. The Morgan fingerprint density at radius 2 is 2.22 bits per heavy atom. The van der Waals surface area contributed by atoms with Gasteiger partial charge in [0.15, 0.2) is 0 Å². The fraction of sp³-hybridized carbons (Fsp3) is 0.462. The number of halogens is 1. The number of carbonyl (C=O) groups excluding carboxylic acids is 1. The van der Waals surface area contributed by atoms with Crippen LogP contribution in [0.4, 0.5) is 5.69 Å². The van der Waals surface area contributed by atoms with Crippen molar-refractivity contribution in [2.45, 2.75) is 32.2 Å². The van der Waals surface area contributed by atoms with Crippen LogP contribution in [-0.4, -0.2) is 19.1 Å². The molecule has 0 radical (unpaired) electrons. The van der Waals surface area contributed by atoms with Crippen LogP contribution in [0.25, 0.3) is 0 Å². The quantitative estimate of drug-likeness (QED) is 0.848. The normalized spacial score (nSPS) is 12.0. The van der Waals surface area contributed by atoms with Crippen molar-refractivity contribution in [3.05, 3.63) is 22.7 Å². The average Bonchev–Trinajstić information content (AvgIpc) is 2.27. The summed E-state index contributed by atoms with van der Waals surface area (Å²) in [6, 6.07) is 5.61. The molecule has 0 bridgehead atoms. The second kappa shape index (κ2) is 7.38. The minimum atomic E-state index is -0.00389. The topological polar surface area (TPSA) is 64.3 Å². The van der Waals surface area contributed by atoms with Gasteiger partial charge >= 0.3 is 0 Å². The van der Waals surface area contributed by atoms with Gasteiger partial charge in [0.05, 0.1) is 7.11 Å². The fourth-order valence-electron chi connectivity index (χ4n) is 1.56. The first-order chi connectivity index (χ1) is 8.51. The Bertz CT molecular complexity index is 408. The molecular weight excluding hydrogens is 296 g/mol. The molecule has 0 aliphatic carbocycles. The standard InChI is InChI=1S/C13H19BrN2O2/c1-9(15)4-3-5-13(17)16-11-6-10(14)7-12(8-11)18-2/h6-9H,3-5,15H2,1-2H3,(H,16,17). The molecule has 0 aliphatic heterocycles. The van der Waals surface area contributed by atoms with Gasteiger partial charge in [-0.1, -0.05) is 15.9 Å². The number of ether oxygens (including phenoxy) is 1. The molecule has 1 amide bonds. The Labute approximate surface area is 116 Å². The third-order valence-corrected chi connectivity index (χ3v) is 2.91. The van der Waals surface area contributed by atoms with E-state index in [0.29, 0.717) is 12.2 Å². The number of rotatable bonds is 6. The SMILES string of the molecule is COc1cc(Br)cc(NC(=O)CCCC(C)N)c1. The van der Waals surface area contributed by atoms with E-state index in [9.17, 15) is 4.79 Å². The van der Waals surface area contributed by atoms with Crippen molar-refractivity contribution in [2.24, 2.45) is 5.73 Å². The summed E-state index contributed by atoms with van der Waals surface area (Å²) < 4.78 is 6.00. The number of amides is 1. The summed E-state index contributed by atoms with van der Waals surface area (Å²) in [4.78, 5) is 11.7. The van der Waals surface area contributed by atoms with Crippen molar-refractivity contribution < 1.29 is 9.53 Å². The first-order valence-electron chi connectivity index (χ1n) is 5.91. The van der Waals surface area contributed by atoms with Gasteiger partial charge in [-0.05, 0) is 31.9 Å². The van der Waals surface area contributed by atoms with Gasteiger partial charge in [0.2, 0.25) is 5.91 Å². The molecule has 0 saturated heterocycles. The highest BCUT2D eigenvalue weighted by molar-refractivity contribution is 9.10. The summed E-state index contributed by atoms with van der Waals surface area (Å²) in [7, 11) is 1.59. The average molecular weight is 315 g/mol. The fourth-order valence-corrected chi connectivity index (χ4v) is 2.03. The van der Waals surface area contributed by atoms with E-state index in [1.54, 1.807) is 13.2 Å². The van der Waals surface area contributed by atoms with Crippen LogP contribution in [0.1, 0.15) is 26.2 Å². The van der Waals surface area contributed by atoms with Crippen LogP contribution in [0.3, 0.4) is 0 Å². The van der Waals surface area contributed by atoms with E-state index in [-0.39, 0.29) is 11.9 Å². The maximum Gasteiger partial charge on any atom is 0.224 e. The molecule has 3 N–H and O–H groups in total. The van der Waals surface area contributed by atoms with Crippen LogP contribution in [0, 0.1) is 0 Å². The largest absolute Gasteiger partial charge is 0.497 e. The van der Waals surface area contributed by atoms with Gasteiger partial charge < -0.3 is 15.8 Å². The lowest BCUT2D eigenvalue weighted by atomic mass is 10.1. The first kappa shape index (κ1) is 15.0. The number of hydrogen-bond donors (Lipinski definition) is 2. The summed E-state index contributed by atoms with van der Waals surface area (Å²) in [6.07, 6.45) is 2.14. The van der Waals surface area contributed by atoms with Gasteiger partial charge in [0.25, 0.3) is 0 Å². The summed E-state index contributed by atoms with van der Waals surface area (Å²) >= 11 is 3.37. The third kappa shape index (κ3) is 5.51. The van der Waals surface area contributed by atoms with Crippen molar-refractivity contribution >= 4 is 27.5 Å². The highest BCUT2D eigenvalue weighted by Gasteiger charge is 2.05. The van der Waals surface area contributed by atoms with E-state index in [1.165, 1.54) is 0 Å². The maximum atomic E-state index is 11.7. The summed E-state index contributed by atoms with van der Waals surface area (Å²) in [5, 5.41) is 2.84. The van der Waals surface area contributed by atoms with E-state index in [2.05, 4.69) is 21.2 Å². The van der Waals surface area contributed by atoms with Gasteiger partial charge in [-0.25, -0.2) is 0 Å². The van der Waals surface area contributed by atoms with Crippen LogP contribution in [0.2, 0.25) is 0 Å². The summed E-state index contributed by atoms with van der Waals surface area (Å²) in [5.41, 5.74) is 6.36. The zero-order valence-electron chi connectivity index (χ0n) is 10.7. The van der Waals surface area contributed by atoms with Crippen molar-refractivity contribution in [2.75, 3.05) is 12.4 Å². The van der Waals surface area contributed by atoms with Crippen molar-refractivity contribution in [1.82, 2.24) is 0 Å². The Morgan fingerprint density at radius 3 is 2.83 bits per heavy atom. The van der Waals surface area contributed by atoms with E-state index in [0.717, 1.165) is 23.0 Å². The molecule has 0 saturated carbocycles. The van der Waals surface area contributed by atoms with E-state index < -0.39 is 0 Å². The highest BCUT2D eigenvalue weighted by atomic mass is 79.9. The van der Waals surface area contributed by atoms with E-state index >= 15 is 0 Å². The van der Waals surface area contributed by atoms with Crippen molar-refractivity contribution in [1.29, 1.82) is 0 Å². The smallest absolute Gasteiger partial charge is 0.224 e. The summed E-state index contributed by atoms with van der Waals surface area (Å²) in [5.74, 6) is 0.700. The van der Waals surface area contributed by atoms with Gasteiger partial charge in [-0.3, -0.25) is 4.79 Å². The molecule has 100 valence electrons. The molecule has 1 atom stereocenters. The molecule has 0 spiro atoms. The summed E-state index contributed by atoms with van der Waals surface area (Å²) in [6.45, 7) is 1.94. The van der Waals surface area contributed by atoms with Gasteiger partial charge in [0, 0.05) is 28.7 Å². The van der Waals surface area contributed by atoms with Crippen molar-refractivity contribution in [3.63, 3.8) is 0 Å². The minimum absolute atomic E-state index is 0.00389. The Balaban J connectivity index is 2.51. The number of nitrogens with two attached hydrogens (primary N) is 1. The maximum absolute atomic E-state index is 11.7. The molecule has 0 heterocycles. The Morgan fingerprint density at radius 1 is 1.50 bits per heavy atom. The molecule has 0 aromatic heterocycles. The molecule has 5 heteroatoms. The monoisotopic (exact) mass is 314 g/mol. The van der Waals surface area contributed by atoms with Crippen LogP contribution in [0.15, 0.2) is 22.7 Å². The number of nitrogens with one attached hydrogen (secondary N) is 1. The Hall–Kier alpha value is -1.07. The number of benzene rings is 1. The lowest BCUT2D eigenvalue weighted by molar-refractivity contribution is -0.116. The molecule has 1 rings (SSSR count). The highest BCUT2D eigenvalue weighted by Crippen LogP contribution is 2.24. The molecule has 1 unspecified atom stereocenters. The zero-order chi connectivity index (χ0) is 13.5. The Kier molecular flexibility index (Phi) is 6.15. The molecule has 18 heavy (non-hydrogen) atoms. The molecule has 4 nitrogen and oxygen atoms in total.